The van der Waals surface area contributed by atoms with Crippen molar-refractivity contribution < 1.29 is 0 Å². The molecule has 2 heterocycles. The SMILES string of the molecule is c1ccc(-c2nc(-c3ccc4c(-c5ccc6c7ccccc7c7ccccc7c6c5)cccc4c3)nc(-c3nc4ccccc4c4ccccc34)n2)cc1. The zero-order valence-corrected chi connectivity index (χ0v) is 29.1. The molecule has 0 bridgehead atoms. The van der Waals surface area contributed by atoms with Gasteiger partial charge in [-0.3, -0.25) is 0 Å². The predicted octanol–water partition coefficient (Wildman–Crippen LogP) is 12.9. The lowest BCUT2D eigenvalue weighted by molar-refractivity contribution is 1.07. The minimum absolute atomic E-state index is 0.547. The number of benzene rings is 9. The van der Waals surface area contributed by atoms with Gasteiger partial charge in [0, 0.05) is 21.9 Å². The second kappa shape index (κ2) is 12.1. The lowest BCUT2D eigenvalue weighted by Crippen LogP contribution is -2.02. The fraction of sp³-hybridized carbons (Fsp3) is 0. The van der Waals surface area contributed by atoms with Crippen LogP contribution in [0.5, 0.6) is 0 Å². The van der Waals surface area contributed by atoms with Gasteiger partial charge < -0.3 is 0 Å². The van der Waals surface area contributed by atoms with Crippen LogP contribution in [0.4, 0.5) is 0 Å². The van der Waals surface area contributed by atoms with E-state index in [9.17, 15) is 0 Å². The topological polar surface area (TPSA) is 51.6 Å². The molecule has 0 aliphatic carbocycles. The first-order valence-corrected chi connectivity index (χ1v) is 18.2. The van der Waals surface area contributed by atoms with Crippen molar-refractivity contribution in [2.45, 2.75) is 0 Å². The molecule has 250 valence electrons. The standard InChI is InChI=1S/C50H30N4/c1-2-13-31(14-3-1)48-52-49(54-50(53-48)47-44-22-9-8-20-41(44)43-21-10-11-24-46(43)51-47)34-26-27-36-32(29-34)15-12-23-35(36)33-25-28-42-39-18-5-4-16-37(39)38-17-6-7-19-40(38)45(42)30-33/h1-30H. The molecule has 4 nitrogen and oxygen atoms in total. The first-order chi connectivity index (χ1) is 26.8. The van der Waals surface area contributed by atoms with E-state index < -0.39 is 0 Å². The molecule has 0 N–H and O–H groups in total. The van der Waals surface area contributed by atoms with Crippen molar-refractivity contribution in [1.82, 2.24) is 19.9 Å². The molecule has 54 heavy (non-hydrogen) atoms. The number of rotatable bonds is 4. The Hall–Kier alpha value is -7.30. The molecule has 0 aliphatic rings. The van der Waals surface area contributed by atoms with Crippen LogP contribution in [0.25, 0.3) is 110 Å². The highest BCUT2D eigenvalue weighted by Gasteiger charge is 2.18. The average molecular weight is 687 g/mol. The highest BCUT2D eigenvalue weighted by atomic mass is 15.0. The molecular weight excluding hydrogens is 657 g/mol. The summed E-state index contributed by atoms with van der Waals surface area (Å²) in [7, 11) is 0. The second-order valence-electron chi connectivity index (χ2n) is 13.8. The van der Waals surface area contributed by atoms with Crippen LogP contribution < -0.4 is 0 Å². The maximum Gasteiger partial charge on any atom is 0.183 e. The molecule has 0 saturated heterocycles. The Kier molecular flexibility index (Phi) is 6.82. The lowest BCUT2D eigenvalue weighted by atomic mass is 9.90. The maximum atomic E-state index is 5.15. The minimum atomic E-state index is 0.547. The third-order valence-electron chi connectivity index (χ3n) is 10.7. The highest BCUT2D eigenvalue weighted by Crippen LogP contribution is 2.39. The van der Waals surface area contributed by atoms with Crippen LogP contribution in [-0.4, -0.2) is 19.9 Å². The Morgan fingerprint density at radius 3 is 1.50 bits per heavy atom. The quantitative estimate of drug-likeness (QED) is 0.173. The van der Waals surface area contributed by atoms with Gasteiger partial charge in [-0.1, -0.05) is 164 Å². The Morgan fingerprint density at radius 2 is 0.778 bits per heavy atom. The molecule has 0 aliphatic heterocycles. The van der Waals surface area contributed by atoms with E-state index in [0.29, 0.717) is 17.5 Å². The van der Waals surface area contributed by atoms with E-state index in [1.54, 1.807) is 0 Å². The molecular formula is C50H30N4. The Bertz CT molecular complexity index is 3240. The van der Waals surface area contributed by atoms with Crippen LogP contribution in [-0.2, 0) is 0 Å². The van der Waals surface area contributed by atoms with Crippen LogP contribution in [0.2, 0.25) is 0 Å². The summed E-state index contributed by atoms with van der Waals surface area (Å²) in [6.45, 7) is 0. The van der Waals surface area contributed by atoms with E-state index in [1.807, 2.05) is 48.5 Å². The van der Waals surface area contributed by atoms with E-state index >= 15 is 0 Å². The molecule has 0 unspecified atom stereocenters. The zero-order valence-electron chi connectivity index (χ0n) is 29.1. The first-order valence-electron chi connectivity index (χ1n) is 18.2. The number of pyridine rings is 1. The van der Waals surface area contributed by atoms with E-state index in [-0.39, 0.29) is 0 Å². The fourth-order valence-corrected chi connectivity index (χ4v) is 8.15. The fourth-order valence-electron chi connectivity index (χ4n) is 8.15. The van der Waals surface area contributed by atoms with Crippen molar-refractivity contribution >= 4 is 64.8 Å². The van der Waals surface area contributed by atoms with E-state index in [0.717, 1.165) is 43.9 Å². The van der Waals surface area contributed by atoms with Crippen molar-refractivity contribution in [3.63, 3.8) is 0 Å². The van der Waals surface area contributed by atoms with Crippen LogP contribution in [0.15, 0.2) is 182 Å². The van der Waals surface area contributed by atoms with E-state index in [4.69, 9.17) is 19.9 Å². The summed E-state index contributed by atoms with van der Waals surface area (Å²) in [5, 5.41) is 13.2. The molecule has 0 atom stereocenters. The van der Waals surface area contributed by atoms with Gasteiger partial charge in [0.05, 0.1) is 5.52 Å². The van der Waals surface area contributed by atoms with Crippen molar-refractivity contribution in [1.29, 1.82) is 0 Å². The monoisotopic (exact) mass is 686 g/mol. The van der Waals surface area contributed by atoms with Gasteiger partial charge in [0.15, 0.2) is 17.5 Å². The smallest absolute Gasteiger partial charge is 0.183 e. The second-order valence-corrected chi connectivity index (χ2v) is 13.8. The van der Waals surface area contributed by atoms with Gasteiger partial charge in [-0.25, -0.2) is 19.9 Å². The van der Waals surface area contributed by atoms with Gasteiger partial charge in [0.25, 0.3) is 0 Å². The number of fused-ring (bicyclic) bond motifs is 10. The number of hydrogen-bond acceptors (Lipinski definition) is 4. The summed E-state index contributed by atoms with van der Waals surface area (Å²) in [4.78, 5) is 20.4. The van der Waals surface area contributed by atoms with E-state index in [1.165, 1.54) is 48.8 Å². The molecule has 0 spiro atoms. The summed E-state index contributed by atoms with van der Waals surface area (Å²) < 4.78 is 0. The predicted molar refractivity (Wildman–Crippen MR) is 224 cm³/mol. The molecule has 11 rings (SSSR count). The summed E-state index contributed by atoms with van der Waals surface area (Å²) in [6.07, 6.45) is 0. The number of para-hydroxylation sites is 1. The maximum absolute atomic E-state index is 5.15. The molecule has 2 aromatic heterocycles. The van der Waals surface area contributed by atoms with Crippen molar-refractivity contribution in [3.05, 3.63) is 182 Å². The molecule has 0 amide bonds. The Balaban J connectivity index is 1.09. The number of aromatic nitrogens is 4. The Morgan fingerprint density at radius 1 is 0.259 bits per heavy atom. The van der Waals surface area contributed by atoms with Crippen LogP contribution >= 0.6 is 0 Å². The average Bonchev–Trinajstić information content (AvgIpc) is 3.26. The molecule has 0 radical (unpaired) electrons. The highest BCUT2D eigenvalue weighted by molar-refractivity contribution is 6.26. The van der Waals surface area contributed by atoms with Gasteiger partial charge in [0.1, 0.15) is 5.69 Å². The summed E-state index contributed by atoms with van der Waals surface area (Å²) >= 11 is 0. The first kappa shape index (κ1) is 30.3. The molecule has 9 aromatic carbocycles. The summed E-state index contributed by atoms with van der Waals surface area (Å²) in [5.74, 6) is 1.76. The third kappa shape index (κ3) is 4.85. The van der Waals surface area contributed by atoms with Crippen molar-refractivity contribution in [2.24, 2.45) is 0 Å². The van der Waals surface area contributed by atoms with Gasteiger partial charge in [-0.15, -0.1) is 0 Å². The van der Waals surface area contributed by atoms with Crippen molar-refractivity contribution in [2.75, 3.05) is 0 Å². The summed E-state index contributed by atoms with van der Waals surface area (Å²) in [6, 6.07) is 64.1. The lowest BCUT2D eigenvalue weighted by Gasteiger charge is -2.14. The molecule has 0 saturated carbocycles. The third-order valence-corrected chi connectivity index (χ3v) is 10.7. The van der Waals surface area contributed by atoms with Gasteiger partial charge in [-0.05, 0) is 77.8 Å². The normalized spacial score (nSPS) is 11.7. The zero-order chi connectivity index (χ0) is 35.6. The molecule has 4 heteroatoms. The molecule has 11 aromatic rings. The van der Waals surface area contributed by atoms with Crippen LogP contribution in [0.1, 0.15) is 0 Å². The van der Waals surface area contributed by atoms with Gasteiger partial charge in [0.2, 0.25) is 0 Å². The van der Waals surface area contributed by atoms with Gasteiger partial charge >= 0.3 is 0 Å². The minimum Gasteiger partial charge on any atom is -0.244 e. The summed E-state index contributed by atoms with van der Waals surface area (Å²) in [5.41, 5.74) is 5.86. The van der Waals surface area contributed by atoms with E-state index in [2.05, 4.69) is 133 Å². The largest absolute Gasteiger partial charge is 0.244 e. The Labute approximate surface area is 311 Å². The van der Waals surface area contributed by atoms with Crippen LogP contribution in [0.3, 0.4) is 0 Å². The van der Waals surface area contributed by atoms with Crippen LogP contribution in [0, 0.1) is 0 Å². The van der Waals surface area contributed by atoms with Gasteiger partial charge in [-0.2, -0.15) is 0 Å². The molecule has 0 fully saturated rings. The number of nitrogens with zero attached hydrogens (tertiary/aromatic N) is 4. The van der Waals surface area contributed by atoms with Crippen molar-refractivity contribution in [3.8, 4) is 45.4 Å². The number of hydrogen-bond donors (Lipinski definition) is 0.